The number of hydrogen-bond donors (Lipinski definition) is 1. The molecular formula is C12H16O. The largest absolute Gasteiger partial charge is 0.396 e. The van der Waals surface area contributed by atoms with Gasteiger partial charge in [-0.05, 0) is 42.7 Å². The third-order valence-corrected chi connectivity index (χ3v) is 2.65. The van der Waals surface area contributed by atoms with Gasteiger partial charge in [0.1, 0.15) is 0 Å². The maximum Gasteiger partial charge on any atom is 0.0434 e. The molecule has 1 aliphatic carbocycles. The first-order chi connectivity index (χ1) is 6.40. The van der Waals surface area contributed by atoms with Crippen molar-refractivity contribution in [1.29, 1.82) is 0 Å². The van der Waals surface area contributed by atoms with Crippen LogP contribution in [0.4, 0.5) is 0 Å². The average molecular weight is 176 g/mol. The van der Waals surface area contributed by atoms with Crippen LogP contribution in [-0.4, -0.2) is 11.7 Å². The number of benzene rings is 1. The summed E-state index contributed by atoms with van der Waals surface area (Å²) in [5.41, 5.74) is 2.84. The quantitative estimate of drug-likeness (QED) is 0.747. The van der Waals surface area contributed by atoms with Crippen molar-refractivity contribution in [2.45, 2.75) is 31.6 Å². The second kappa shape index (κ2) is 3.93. The molecule has 1 fully saturated rings. The third-order valence-electron chi connectivity index (χ3n) is 2.65. The Morgan fingerprint density at radius 1 is 1.15 bits per heavy atom. The predicted molar refractivity (Wildman–Crippen MR) is 53.8 cm³/mol. The highest BCUT2D eigenvalue weighted by Crippen LogP contribution is 2.39. The summed E-state index contributed by atoms with van der Waals surface area (Å²) in [5.74, 6) is 0.854. The second-order valence-electron chi connectivity index (χ2n) is 3.84. The number of hydrogen-bond acceptors (Lipinski definition) is 1. The van der Waals surface area contributed by atoms with E-state index in [1.807, 2.05) is 0 Å². The molecule has 1 heteroatoms. The Kier molecular flexibility index (Phi) is 2.65. The fraction of sp³-hybridized carbons (Fsp3) is 0.500. The van der Waals surface area contributed by atoms with Crippen molar-refractivity contribution >= 4 is 0 Å². The molecule has 0 atom stereocenters. The van der Waals surface area contributed by atoms with Gasteiger partial charge >= 0.3 is 0 Å². The molecular weight excluding hydrogens is 160 g/mol. The first-order valence-electron chi connectivity index (χ1n) is 5.10. The van der Waals surface area contributed by atoms with Crippen LogP contribution >= 0.6 is 0 Å². The molecule has 1 aromatic rings. The minimum Gasteiger partial charge on any atom is -0.396 e. The summed E-state index contributed by atoms with van der Waals surface area (Å²) in [5, 5.41) is 8.68. The van der Waals surface area contributed by atoms with Crippen molar-refractivity contribution in [2.24, 2.45) is 0 Å². The molecule has 1 nitrogen and oxygen atoms in total. The van der Waals surface area contributed by atoms with Crippen LogP contribution in [0.25, 0.3) is 0 Å². The van der Waals surface area contributed by atoms with E-state index in [-0.39, 0.29) is 0 Å². The maximum absolute atomic E-state index is 8.68. The van der Waals surface area contributed by atoms with Crippen molar-refractivity contribution in [3.63, 3.8) is 0 Å². The highest BCUT2D eigenvalue weighted by atomic mass is 16.2. The monoisotopic (exact) mass is 176 g/mol. The van der Waals surface area contributed by atoms with Crippen LogP contribution in [0.2, 0.25) is 0 Å². The minimum atomic E-state index is 0.296. The summed E-state index contributed by atoms with van der Waals surface area (Å²) in [6.07, 6.45) is 4.62. The van der Waals surface area contributed by atoms with Gasteiger partial charge in [0.15, 0.2) is 0 Å². The van der Waals surface area contributed by atoms with Gasteiger partial charge in [-0.1, -0.05) is 24.3 Å². The first-order valence-corrected chi connectivity index (χ1v) is 5.10. The lowest BCUT2D eigenvalue weighted by atomic mass is 10.1. The van der Waals surface area contributed by atoms with E-state index in [0.717, 1.165) is 18.8 Å². The zero-order valence-corrected chi connectivity index (χ0v) is 7.87. The van der Waals surface area contributed by atoms with E-state index in [4.69, 9.17) is 5.11 Å². The topological polar surface area (TPSA) is 20.2 Å². The van der Waals surface area contributed by atoms with Gasteiger partial charge in [-0.15, -0.1) is 0 Å². The smallest absolute Gasteiger partial charge is 0.0434 e. The maximum atomic E-state index is 8.68. The molecule has 2 rings (SSSR count). The van der Waals surface area contributed by atoms with Gasteiger partial charge in [-0.2, -0.15) is 0 Å². The molecule has 1 aromatic carbocycles. The highest BCUT2D eigenvalue weighted by Gasteiger charge is 2.22. The highest BCUT2D eigenvalue weighted by molar-refractivity contribution is 5.28. The van der Waals surface area contributed by atoms with E-state index in [1.165, 1.54) is 24.0 Å². The molecule has 0 spiro atoms. The normalized spacial score (nSPS) is 16.1. The summed E-state index contributed by atoms with van der Waals surface area (Å²) in [7, 11) is 0. The number of aryl methyl sites for hydroxylation is 1. The van der Waals surface area contributed by atoms with E-state index in [9.17, 15) is 0 Å². The third kappa shape index (κ3) is 2.31. The molecule has 0 aliphatic heterocycles. The first kappa shape index (κ1) is 8.76. The summed E-state index contributed by atoms with van der Waals surface area (Å²) < 4.78 is 0. The summed E-state index contributed by atoms with van der Waals surface area (Å²) in [6.45, 7) is 0.296. The van der Waals surface area contributed by atoms with Gasteiger partial charge in [0, 0.05) is 6.61 Å². The molecule has 0 unspecified atom stereocenters. The molecule has 0 heterocycles. The molecule has 13 heavy (non-hydrogen) atoms. The van der Waals surface area contributed by atoms with Gasteiger partial charge < -0.3 is 5.11 Å². The van der Waals surface area contributed by atoms with Crippen LogP contribution in [-0.2, 0) is 6.42 Å². The lowest BCUT2D eigenvalue weighted by Gasteiger charge is -2.01. The molecule has 1 aliphatic rings. The average Bonchev–Trinajstić information content (AvgIpc) is 2.99. The molecule has 0 saturated heterocycles. The van der Waals surface area contributed by atoms with Crippen LogP contribution in [0, 0.1) is 0 Å². The summed E-state index contributed by atoms with van der Waals surface area (Å²) in [6, 6.07) is 8.88. The molecule has 0 aromatic heterocycles. The van der Waals surface area contributed by atoms with Crippen LogP contribution in [0.3, 0.4) is 0 Å². The fourth-order valence-corrected chi connectivity index (χ4v) is 1.66. The van der Waals surface area contributed by atoms with Crippen LogP contribution in [0.15, 0.2) is 24.3 Å². The molecule has 1 N–H and O–H groups in total. The lowest BCUT2D eigenvalue weighted by molar-refractivity contribution is 0.288. The Morgan fingerprint density at radius 3 is 2.38 bits per heavy atom. The zero-order chi connectivity index (χ0) is 9.10. The number of aliphatic hydroxyl groups excluding tert-OH is 1. The molecule has 0 bridgehead atoms. The van der Waals surface area contributed by atoms with Crippen molar-refractivity contribution in [3.8, 4) is 0 Å². The predicted octanol–water partition coefficient (Wildman–Crippen LogP) is 2.49. The standard InChI is InChI=1S/C12H16O/c13-9-1-2-10-3-5-11(6-4-10)12-7-8-12/h3-6,12-13H,1-2,7-9H2. The Morgan fingerprint density at radius 2 is 1.85 bits per heavy atom. The van der Waals surface area contributed by atoms with Gasteiger partial charge in [0.05, 0.1) is 0 Å². The van der Waals surface area contributed by atoms with Crippen molar-refractivity contribution < 1.29 is 5.11 Å². The van der Waals surface area contributed by atoms with Gasteiger partial charge in [-0.25, -0.2) is 0 Å². The minimum absolute atomic E-state index is 0.296. The Bertz CT molecular complexity index is 259. The SMILES string of the molecule is OCCCc1ccc(C2CC2)cc1. The Labute approximate surface area is 79.4 Å². The fourth-order valence-electron chi connectivity index (χ4n) is 1.66. The van der Waals surface area contributed by atoms with E-state index in [1.54, 1.807) is 0 Å². The van der Waals surface area contributed by atoms with Crippen molar-refractivity contribution in [2.75, 3.05) is 6.61 Å². The van der Waals surface area contributed by atoms with Gasteiger partial charge in [0.2, 0.25) is 0 Å². The lowest BCUT2D eigenvalue weighted by Crippen LogP contribution is -1.89. The Balaban J connectivity index is 1.96. The van der Waals surface area contributed by atoms with Gasteiger partial charge in [0.25, 0.3) is 0 Å². The number of rotatable bonds is 4. The zero-order valence-electron chi connectivity index (χ0n) is 7.87. The Hall–Kier alpha value is -0.820. The van der Waals surface area contributed by atoms with Crippen LogP contribution in [0.5, 0.6) is 0 Å². The second-order valence-corrected chi connectivity index (χ2v) is 3.84. The van der Waals surface area contributed by atoms with Crippen LogP contribution in [0.1, 0.15) is 36.3 Å². The summed E-state index contributed by atoms with van der Waals surface area (Å²) >= 11 is 0. The number of aliphatic hydroxyl groups is 1. The van der Waals surface area contributed by atoms with Crippen molar-refractivity contribution in [3.05, 3.63) is 35.4 Å². The van der Waals surface area contributed by atoms with Crippen LogP contribution < -0.4 is 0 Å². The van der Waals surface area contributed by atoms with E-state index < -0.39 is 0 Å². The van der Waals surface area contributed by atoms with E-state index >= 15 is 0 Å². The van der Waals surface area contributed by atoms with E-state index in [2.05, 4.69) is 24.3 Å². The van der Waals surface area contributed by atoms with E-state index in [0.29, 0.717) is 6.61 Å². The van der Waals surface area contributed by atoms with Crippen molar-refractivity contribution in [1.82, 2.24) is 0 Å². The molecule has 0 radical (unpaired) electrons. The molecule has 1 saturated carbocycles. The molecule has 0 amide bonds. The summed E-state index contributed by atoms with van der Waals surface area (Å²) in [4.78, 5) is 0. The van der Waals surface area contributed by atoms with Gasteiger partial charge in [-0.3, -0.25) is 0 Å². The molecule has 70 valence electrons.